The van der Waals surface area contributed by atoms with Gasteiger partial charge in [0.05, 0.1) is 36.6 Å². The number of hydrogen-bond donors (Lipinski definition) is 2. The molecule has 8 nitrogen and oxygen atoms in total. The van der Waals surface area contributed by atoms with Crippen LogP contribution < -0.4 is 5.32 Å². The van der Waals surface area contributed by atoms with Gasteiger partial charge in [-0.3, -0.25) is 10.00 Å². The Morgan fingerprint density at radius 1 is 1.21 bits per heavy atom. The zero-order valence-electron chi connectivity index (χ0n) is 19.7. The Morgan fingerprint density at radius 3 is 2.79 bits per heavy atom. The maximum atomic E-state index is 6.09. The summed E-state index contributed by atoms with van der Waals surface area (Å²) in [5.74, 6) is 0.590. The van der Waals surface area contributed by atoms with E-state index in [9.17, 15) is 0 Å². The van der Waals surface area contributed by atoms with Crippen molar-refractivity contribution >= 4 is 41.0 Å². The molecule has 0 saturated carbocycles. The normalized spacial score (nSPS) is 15.3. The van der Waals surface area contributed by atoms with Crippen molar-refractivity contribution < 1.29 is 9.47 Å². The summed E-state index contributed by atoms with van der Waals surface area (Å²) in [4.78, 5) is 11.9. The predicted octanol–water partition coefficient (Wildman–Crippen LogP) is 4.38. The highest BCUT2D eigenvalue weighted by Crippen LogP contribution is 2.30. The molecule has 178 valence electrons. The number of benzene rings is 1. The van der Waals surface area contributed by atoms with Gasteiger partial charge in [-0.1, -0.05) is 47.7 Å². The smallest absolute Gasteiger partial charge is 0.225 e. The summed E-state index contributed by atoms with van der Waals surface area (Å²) in [7, 11) is -1.16. The van der Waals surface area contributed by atoms with E-state index in [1.54, 1.807) is 0 Å². The Kier molecular flexibility index (Phi) is 8.13. The SMILES string of the molecule is C[Si](C)(C)CCOCc1nc(NCCN2CCOCC2)nc2n[nH]c(-c3cccc(Br)c3)c12. The average Bonchev–Trinajstić information content (AvgIpc) is 3.21. The van der Waals surface area contributed by atoms with Crippen LogP contribution in [0.25, 0.3) is 22.3 Å². The number of rotatable bonds is 10. The molecule has 0 spiro atoms. The molecule has 33 heavy (non-hydrogen) atoms. The molecule has 3 aromatic rings. The molecule has 1 aliphatic heterocycles. The first-order valence-corrected chi connectivity index (χ1v) is 16.0. The van der Waals surface area contributed by atoms with Crippen LogP contribution in [0.1, 0.15) is 5.69 Å². The summed E-state index contributed by atoms with van der Waals surface area (Å²) < 4.78 is 12.5. The third-order valence-electron chi connectivity index (χ3n) is 5.65. The van der Waals surface area contributed by atoms with Crippen molar-refractivity contribution in [1.29, 1.82) is 0 Å². The van der Waals surface area contributed by atoms with Crippen molar-refractivity contribution in [2.45, 2.75) is 32.3 Å². The van der Waals surface area contributed by atoms with E-state index in [0.29, 0.717) is 18.2 Å². The highest BCUT2D eigenvalue weighted by molar-refractivity contribution is 9.10. The predicted molar refractivity (Wildman–Crippen MR) is 138 cm³/mol. The van der Waals surface area contributed by atoms with Gasteiger partial charge >= 0.3 is 0 Å². The first kappa shape index (κ1) is 24.3. The Bertz CT molecular complexity index is 1060. The number of H-pyrrole nitrogens is 1. The second-order valence-electron chi connectivity index (χ2n) is 9.55. The van der Waals surface area contributed by atoms with Crippen LogP contribution >= 0.6 is 15.9 Å². The molecule has 4 rings (SSSR count). The first-order chi connectivity index (χ1) is 15.9. The van der Waals surface area contributed by atoms with Gasteiger partial charge in [0.2, 0.25) is 5.95 Å². The van der Waals surface area contributed by atoms with Crippen LogP contribution in [0, 0.1) is 0 Å². The average molecular weight is 534 g/mol. The highest BCUT2D eigenvalue weighted by Gasteiger charge is 2.18. The molecule has 2 aromatic heterocycles. The van der Waals surface area contributed by atoms with Crippen LogP contribution in [-0.2, 0) is 16.1 Å². The van der Waals surface area contributed by atoms with Crippen molar-refractivity contribution in [3.05, 3.63) is 34.4 Å². The summed E-state index contributed by atoms with van der Waals surface area (Å²) in [6.07, 6.45) is 0. The minimum atomic E-state index is -1.16. The molecule has 3 heterocycles. The van der Waals surface area contributed by atoms with Crippen LogP contribution in [-0.4, -0.2) is 79.1 Å². The summed E-state index contributed by atoms with van der Waals surface area (Å²) in [6.45, 7) is 13.5. The molecule has 1 aliphatic rings. The topological polar surface area (TPSA) is 88.2 Å². The fourth-order valence-corrected chi connectivity index (χ4v) is 4.89. The number of morpholine rings is 1. The number of aromatic amines is 1. The number of fused-ring (bicyclic) bond motifs is 1. The van der Waals surface area contributed by atoms with E-state index >= 15 is 0 Å². The van der Waals surface area contributed by atoms with Gasteiger partial charge in [-0.2, -0.15) is 10.1 Å². The van der Waals surface area contributed by atoms with Gasteiger partial charge in [-0.25, -0.2) is 4.98 Å². The number of aromatic nitrogens is 4. The van der Waals surface area contributed by atoms with E-state index in [1.165, 1.54) is 0 Å². The summed E-state index contributed by atoms with van der Waals surface area (Å²) in [5, 5.41) is 12.0. The van der Waals surface area contributed by atoms with Crippen molar-refractivity contribution in [2.75, 3.05) is 51.3 Å². The van der Waals surface area contributed by atoms with Crippen LogP contribution in [0.5, 0.6) is 0 Å². The van der Waals surface area contributed by atoms with Gasteiger partial charge in [0.1, 0.15) is 0 Å². The lowest BCUT2D eigenvalue weighted by atomic mass is 10.1. The molecule has 1 fully saturated rings. The molecule has 0 bridgehead atoms. The zero-order chi connectivity index (χ0) is 23.3. The van der Waals surface area contributed by atoms with Crippen LogP contribution in [0.3, 0.4) is 0 Å². The zero-order valence-corrected chi connectivity index (χ0v) is 22.2. The monoisotopic (exact) mass is 532 g/mol. The van der Waals surface area contributed by atoms with E-state index in [4.69, 9.17) is 14.5 Å². The van der Waals surface area contributed by atoms with Gasteiger partial charge in [0.25, 0.3) is 0 Å². The van der Waals surface area contributed by atoms with Crippen molar-refractivity contribution in [2.24, 2.45) is 0 Å². The Hall–Kier alpha value is -1.85. The Balaban J connectivity index is 1.55. The molecule has 0 amide bonds. The fourth-order valence-electron chi connectivity index (χ4n) is 3.73. The van der Waals surface area contributed by atoms with Gasteiger partial charge in [-0.15, -0.1) is 0 Å². The molecule has 10 heteroatoms. The largest absolute Gasteiger partial charge is 0.379 e. The summed E-state index contributed by atoms with van der Waals surface area (Å²) >= 11 is 3.56. The Morgan fingerprint density at radius 2 is 2.03 bits per heavy atom. The number of anilines is 1. The fraction of sp³-hybridized carbons (Fsp3) is 0.522. The lowest BCUT2D eigenvalue weighted by molar-refractivity contribution is 0.0398. The lowest BCUT2D eigenvalue weighted by Crippen LogP contribution is -2.39. The maximum absolute atomic E-state index is 6.09. The molecule has 1 saturated heterocycles. The molecule has 0 atom stereocenters. The van der Waals surface area contributed by atoms with Gasteiger partial charge in [-0.05, 0) is 18.2 Å². The molecule has 2 N–H and O–H groups in total. The minimum absolute atomic E-state index is 0.433. The standard InChI is InChI=1S/C23H33BrN6O2Si/c1-33(2,3)14-13-32-16-19-20-21(17-5-4-6-18(24)15-17)28-29-22(20)27-23(26-19)25-7-8-30-9-11-31-12-10-30/h4-6,15H,7-14,16H2,1-3H3,(H2,25,26,27,28,29). The van der Waals surface area contributed by atoms with Crippen LogP contribution in [0.2, 0.25) is 25.7 Å². The van der Waals surface area contributed by atoms with Gasteiger partial charge < -0.3 is 14.8 Å². The lowest BCUT2D eigenvalue weighted by Gasteiger charge is -2.26. The second-order valence-corrected chi connectivity index (χ2v) is 16.1. The van der Waals surface area contributed by atoms with Crippen LogP contribution in [0.4, 0.5) is 5.95 Å². The van der Waals surface area contributed by atoms with E-state index in [-0.39, 0.29) is 0 Å². The summed E-state index contributed by atoms with van der Waals surface area (Å²) in [6, 6.07) is 9.27. The van der Waals surface area contributed by atoms with E-state index in [1.807, 2.05) is 12.1 Å². The van der Waals surface area contributed by atoms with Crippen LogP contribution in [0.15, 0.2) is 28.7 Å². The number of hydrogen-bond acceptors (Lipinski definition) is 7. The molecule has 0 aliphatic carbocycles. The summed E-state index contributed by atoms with van der Waals surface area (Å²) in [5.41, 5.74) is 3.45. The number of halogens is 1. The van der Waals surface area contributed by atoms with Crippen molar-refractivity contribution in [3.63, 3.8) is 0 Å². The molecule has 1 aromatic carbocycles. The third-order valence-corrected chi connectivity index (χ3v) is 7.85. The Labute approximate surface area is 204 Å². The first-order valence-electron chi connectivity index (χ1n) is 11.5. The van der Waals surface area contributed by atoms with Gasteiger partial charge in [0, 0.05) is 50.9 Å². The van der Waals surface area contributed by atoms with E-state index < -0.39 is 8.07 Å². The number of nitrogens with zero attached hydrogens (tertiary/aromatic N) is 4. The molecular formula is C23H33BrN6O2Si. The highest BCUT2D eigenvalue weighted by atomic mass is 79.9. The second kappa shape index (κ2) is 11.0. The maximum Gasteiger partial charge on any atom is 0.225 e. The van der Waals surface area contributed by atoms with Gasteiger partial charge in [0.15, 0.2) is 5.65 Å². The number of nitrogens with one attached hydrogen (secondary N) is 2. The minimum Gasteiger partial charge on any atom is -0.379 e. The molecule has 0 unspecified atom stereocenters. The van der Waals surface area contributed by atoms with Crippen molar-refractivity contribution in [1.82, 2.24) is 25.1 Å². The molecule has 0 radical (unpaired) electrons. The van der Waals surface area contributed by atoms with E-state index in [2.05, 4.69) is 73.1 Å². The van der Waals surface area contributed by atoms with Crippen molar-refractivity contribution in [3.8, 4) is 11.3 Å². The number of ether oxygens (including phenoxy) is 2. The third kappa shape index (κ3) is 6.83. The van der Waals surface area contributed by atoms with E-state index in [0.717, 1.165) is 78.9 Å². The molecular weight excluding hydrogens is 500 g/mol. The quantitative estimate of drug-likeness (QED) is 0.295.